The van der Waals surface area contributed by atoms with Crippen molar-refractivity contribution in [2.75, 3.05) is 27.4 Å². The number of likely N-dealkylation sites (N-methyl/N-ethyl adjacent to an activating group) is 1. The fraction of sp³-hybridized carbons (Fsp3) is 0.545. The van der Waals surface area contributed by atoms with Gasteiger partial charge in [0.05, 0.1) is 19.8 Å². The minimum atomic E-state index is -4.38. The van der Waals surface area contributed by atoms with Crippen LogP contribution in [-0.2, 0) is 9.47 Å². The first-order chi connectivity index (χ1) is 8.87. The fourth-order valence-corrected chi connectivity index (χ4v) is 1.35. The summed E-state index contributed by atoms with van der Waals surface area (Å²) in [6, 6.07) is 2.28. The van der Waals surface area contributed by atoms with Crippen LogP contribution in [0.1, 0.15) is 22.4 Å². The quantitative estimate of drug-likeness (QED) is 0.807. The molecule has 0 bridgehead atoms. The molecule has 1 rings (SSSR count). The number of hydrogen-bond donors (Lipinski definition) is 1. The van der Waals surface area contributed by atoms with Crippen molar-refractivity contribution >= 4 is 5.97 Å². The van der Waals surface area contributed by atoms with E-state index in [4.69, 9.17) is 4.42 Å². The molecule has 5 nitrogen and oxygen atoms in total. The normalized spacial score (nSPS) is 13.3. The van der Waals surface area contributed by atoms with Crippen LogP contribution in [0.3, 0.4) is 0 Å². The molecule has 1 heterocycles. The molecule has 1 atom stereocenters. The second-order valence-electron chi connectivity index (χ2n) is 3.67. The largest absolute Gasteiger partial charge is 0.463 e. The second kappa shape index (κ2) is 6.58. The van der Waals surface area contributed by atoms with Gasteiger partial charge in [-0.25, -0.2) is 4.79 Å². The predicted octanol–water partition coefficient (Wildman–Crippen LogP) is 1.91. The summed E-state index contributed by atoms with van der Waals surface area (Å²) in [5, 5.41) is 2.74. The lowest BCUT2D eigenvalue weighted by atomic mass is 10.2. The molecule has 0 amide bonds. The molecule has 0 saturated carbocycles. The van der Waals surface area contributed by atoms with Crippen molar-refractivity contribution in [1.82, 2.24) is 5.32 Å². The summed E-state index contributed by atoms with van der Waals surface area (Å²) in [6.45, 7) is -1.57. The Morgan fingerprint density at radius 1 is 1.47 bits per heavy atom. The van der Waals surface area contributed by atoms with Crippen LogP contribution in [0.2, 0.25) is 0 Å². The Hall–Kier alpha value is -1.54. The van der Waals surface area contributed by atoms with Gasteiger partial charge in [0.25, 0.3) is 0 Å². The van der Waals surface area contributed by atoms with E-state index in [0.717, 1.165) is 0 Å². The van der Waals surface area contributed by atoms with E-state index < -0.39 is 24.8 Å². The van der Waals surface area contributed by atoms with Crippen molar-refractivity contribution in [3.8, 4) is 0 Å². The lowest BCUT2D eigenvalue weighted by Gasteiger charge is -2.14. The van der Waals surface area contributed by atoms with Crippen molar-refractivity contribution in [3.63, 3.8) is 0 Å². The van der Waals surface area contributed by atoms with Crippen molar-refractivity contribution in [1.29, 1.82) is 0 Å². The van der Waals surface area contributed by atoms with E-state index in [0.29, 0.717) is 5.76 Å². The molecule has 108 valence electrons. The molecule has 0 saturated heterocycles. The van der Waals surface area contributed by atoms with Crippen molar-refractivity contribution < 1.29 is 31.9 Å². The minimum Gasteiger partial charge on any atom is -0.463 e. The van der Waals surface area contributed by atoms with E-state index >= 15 is 0 Å². The molecule has 1 unspecified atom stereocenters. The first kappa shape index (κ1) is 15.5. The summed E-state index contributed by atoms with van der Waals surface area (Å²) >= 11 is 0. The van der Waals surface area contributed by atoms with Gasteiger partial charge in [0, 0.05) is 0 Å². The lowest BCUT2D eigenvalue weighted by molar-refractivity contribution is -0.175. The molecule has 19 heavy (non-hydrogen) atoms. The van der Waals surface area contributed by atoms with Gasteiger partial charge < -0.3 is 19.2 Å². The summed E-state index contributed by atoms with van der Waals surface area (Å²) in [5.74, 6) is -0.379. The number of carbonyl (C=O) groups is 1. The van der Waals surface area contributed by atoms with E-state index in [1.165, 1.54) is 19.2 Å². The zero-order chi connectivity index (χ0) is 14.5. The molecule has 0 aliphatic carbocycles. The Morgan fingerprint density at radius 2 is 2.16 bits per heavy atom. The molecule has 1 N–H and O–H groups in total. The first-order valence-corrected chi connectivity index (χ1v) is 5.37. The van der Waals surface area contributed by atoms with Crippen molar-refractivity contribution in [3.05, 3.63) is 23.7 Å². The number of carbonyl (C=O) groups excluding carboxylic acids is 1. The Balaban J connectivity index is 2.59. The Bertz CT molecular complexity index is 416. The second-order valence-corrected chi connectivity index (χ2v) is 3.67. The van der Waals surface area contributed by atoms with Crippen LogP contribution >= 0.6 is 0 Å². The number of rotatable bonds is 6. The van der Waals surface area contributed by atoms with Crippen LogP contribution in [-0.4, -0.2) is 39.5 Å². The maximum atomic E-state index is 11.9. The average Bonchev–Trinajstić information content (AvgIpc) is 2.81. The average molecular weight is 281 g/mol. The third-order valence-electron chi connectivity index (χ3n) is 2.26. The monoisotopic (exact) mass is 281 g/mol. The van der Waals surface area contributed by atoms with Gasteiger partial charge in [0.1, 0.15) is 12.4 Å². The van der Waals surface area contributed by atoms with E-state index in [9.17, 15) is 18.0 Å². The van der Waals surface area contributed by atoms with Gasteiger partial charge in [-0.3, -0.25) is 0 Å². The van der Waals surface area contributed by atoms with Gasteiger partial charge in [-0.2, -0.15) is 13.2 Å². The molecule has 0 radical (unpaired) electrons. The maximum absolute atomic E-state index is 11.9. The van der Waals surface area contributed by atoms with Gasteiger partial charge in [-0.05, 0) is 19.2 Å². The summed E-state index contributed by atoms with van der Waals surface area (Å²) in [4.78, 5) is 11.2. The highest BCUT2D eigenvalue weighted by Gasteiger charge is 2.28. The Kier molecular flexibility index (Phi) is 5.37. The highest BCUT2D eigenvalue weighted by Crippen LogP contribution is 2.19. The van der Waals surface area contributed by atoms with E-state index in [-0.39, 0.29) is 12.4 Å². The van der Waals surface area contributed by atoms with Crippen LogP contribution in [0.25, 0.3) is 0 Å². The first-order valence-electron chi connectivity index (χ1n) is 5.37. The summed E-state index contributed by atoms with van der Waals surface area (Å²) in [5.41, 5.74) is 0. The zero-order valence-corrected chi connectivity index (χ0v) is 10.4. The van der Waals surface area contributed by atoms with Gasteiger partial charge in [0.2, 0.25) is 5.76 Å². The van der Waals surface area contributed by atoms with Crippen molar-refractivity contribution in [2.24, 2.45) is 0 Å². The molecule has 8 heteroatoms. The number of esters is 1. The van der Waals surface area contributed by atoms with Crippen LogP contribution in [0, 0.1) is 0 Å². The third-order valence-corrected chi connectivity index (χ3v) is 2.26. The van der Waals surface area contributed by atoms with E-state index in [2.05, 4.69) is 14.8 Å². The van der Waals surface area contributed by atoms with E-state index in [1.807, 2.05) is 0 Å². The molecular weight excluding hydrogens is 267 g/mol. The van der Waals surface area contributed by atoms with Crippen LogP contribution in [0.4, 0.5) is 13.2 Å². The number of alkyl halides is 3. The summed E-state index contributed by atoms with van der Waals surface area (Å²) in [6.07, 6.45) is -4.38. The lowest BCUT2D eigenvalue weighted by Crippen LogP contribution is -2.25. The summed E-state index contributed by atoms with van der Waals surface area (Å²) < 4.78 is 50.0. The van der Waals surface area contributed by atoms with Gasteiger partial charge >= 0.3 is 12.1 Å². The molecular formula is C11H14F3NO4. The smallest absolute Gasteiger partial charge is 0.411 e. The standard InChI is InChI=1S/C11H14F3NO4/c1-15-7(5-18-6-11(12,13)14)8-3-4-9(19-8)10(16)17-2/h3-4,7,15H,5-6H2,1-2H3. The summed E-state index contributed by atoms with van der Waals surface area (Å²) in [7, 11) is 2.74. The van der Waals surface area contributed by atoms with Crippen LogP contribution in [0.5, 0.6) is 0 Å². The highest BCUT2D eigenvalue weighted by molar-refractivity contribution is 5.86. The number of hydrogen-bond acceptors (Lipinski definition) is 5. The number of methoxy groups -OCH3 is 1. The number of halogens is 3. The highest BCUT2D eigenvalue weighted by atomic mass is 19.4. The molecule has 0 aliphatic rings. The SMILES string of the molecule is CNC(COCC(F)(F)F)c1ccc(C(=O)OC)o1. The molecule has 1 aromatic rings. The number of nitrogens with one attached hydrogen (secondary N) is 1. The molecule has 0 aromatic carbocycles. The molecule has 0 aliphatic heterocycles. The van der Waals surface area contributed by atoms with Crippen LogP contribution in [0.15, 0.2) is 16.5 Å². The minimum absolute atomic E-state index is 0.0198. The molecule has 0 fully saturated rings. The van der Waals surface area contributed by atoms with E-state index in [1.54, 1.807) is 7.05 Å². The van der Waals surface area contributed by atoms with Crippen LogP contribution < -0.4 is 5.32 Å². The Labute approximate surface area is 107 Å². The third kappa shape index (κ3) is 4.92. The topological polar surface area (TPSA) is 60.7 Å². The molecule has 1 aromatic heterocycles. The predicted molar refractivity (Wildman–Crippen MR) is 58.7 cm³/mol. The fourth-order valence-electron chi connectivity index (χ4n) is 1.35. The van der Waals surface area contributed by atoms with Gasteiger partial charge in [-0.15, -0.1) is 0 Å². The molecule has 0 spiro atoms. The van der Waals surface area contributed by atoms with Gasteiger partial charge in [-0.1, -0.05) is 0 Å². The zero-order valence-electron chi connectivity index (χ0n) is 10.4. The van der Waals surface area contributed by atoms with Crippen molar-refractivity contribution in [2.45, 2.75) is 12.2 Å². The van der Waals surface area contributed by atoms with Gasteiger partial charge in [0.15, 0.2) is 0 Å². The Morgan fingerprint density at radius 3 is 2.68 bits per heavy atom. The number of furan rings is 1. The number of ether oxygens (including phenoxy) is 2. The maximum Gasteiger partial charge on any atom is 0.411 e.